The lowest BCUT2D eigenvalue weighted by atomic mass is 9.70. The van der Waals surface area contributed by atoms with Gasteiger partial charge in [-0.2, -0.15) is 0 Å². The van der Waals surface area contributed by atoms with Gasteiger partial charge in [-0.15, -0.1) is 11.6 Å². The quantitative estimate of drug-likeness (QED) is 0.817. The highest BCUT2D eigenvalue weighted by Crippen LogP contribution is 2.39. The first-order chi connectivity index (χ1) is 8.13. The van der Waals surface area contributed by atoms with Crippen molar-refractivity contribution in [2.75, 3.05) is 6.54 Å². The van der Waals surface area contributed by atoms with Crippen molar-refractivity contribution in [2.45, 2.75) is 32.1 Å². The van der Waals surface area contributed by atoms with Gasteiger partial charge in [0.25, 0.3) is 5.91 Å². The van der Waals surface area contributed by atoms with Gasteiger partial charge in [-0.1, -0.05) is 25.5 Å². The number of hydrogen-bond acceptors (Lipinski definition) is 1. The van der Waals surface area contributed by atoms with Crippen LogP contribution in [0.3, 0.4) is 0 Å². The van der Waals surface area contributed by atoms with Gasteiger partial charge in [-0.05, 0) is 36.0 Å². The molecule has 0 bridgehead atoms. The van der Waals surface area contributed by atoms with Crippen LogP contribution in [0.5, 0.6) is 0 Å². The molecule has 1 fully saturated rings. The van der Waals surface area contributed by atoms with Crippen LogP contribution >= 0.6 is 11.6 Å². The Kier molecular flexibility index (Phi) is 3.72. The fourth-order valence-corrected chi connectivity index (χ4v) is 2.28. The lowest BCUT2D eigenvalue weighted by Gasteiger charge is -2.38. The number of carbonyl (C=O) groups is 1. The summed E-state index contributed by atoms with van der Waals surface area (Å²) in [6, 6.07) is 7.45. The predicted octanol–water partition coefficient (Wildman–Crippen LogP) is 3.35. The lowest BCUT2D eigenvalue weighted by Crippen LogP contribution is -2.39. The average molecular weight is 252 g/mol. The van der Waals surface area contributed by atoms with E-state index in [1.54, 1.807) is 0 Å². The molecule has 1 saturated carbocycles. The summed E-state index contributed by atoms with van der Waals surface area (Å²) >= 11 is 5.71. The van der Waals surface area contributed by atoms with Crippen LogP contribution in [0.2, 0.25) is 0 Å². The van der Waals surface area contributed by atoms with Gasteiger partial charge in [0.1, 0.15) is 0 Å². The van der Waals surface area contributed by atoms with Crippen LogP contribution in [0.15, 0.2) is 24.3 Å². The molecular formula is C14H18ClNO. The van der Waals surface area contributed by atoms with Crippen LogP contribution in [-0.4, -0.2) is 12.5 Å². The Hall–Kier alpha value is -1.02. The Balaban J connectivity index is 1.90. The van der Waals surface area contributed by atoms with Gasteiger partial charge in [0, 0.05) is 18.0 Å². The van der Waals surface area contributed by atoms with E-state index in [0.29, 0.717) is 16.9 Å². The van der Waals surface area contributed by atoms with Gasteiger partial charge in [-0.3, -0.25) is 4.79 Å². The molecule has 0 unspecified atom stereocenters. The van der Waals surface area contributed by atoms with Crippen molar-refractivity contribution in [3.05, 3.63) is 35.4 Å². The van der Waals surface area contributed by atoms with E-state index in [9.17, 15) is 4.79 Å². The van der Waals surface area contributed by atoms with Crippen LogP contribution in [0.25, 0.3) is 0 Å². The molecule has 3 heteroatoms. The van der Waals surface area contributed by atoms with Gasteiger partial charge >= 0.3 is 0 Å². The van der Waals surface area contributed by atoms with Crippen molar-refractivity contribution >= 4 is 17.5 Å². The molecule has 1 aliphatic carbocycles. The zero-order valence-corrected chi connectivity index (χ0v) is 10.9. The maximum absolute atomic E-state index is 11.9. The third-order valence-electron chi connectivity index (χ3n) is 3.61. The van der Waals surface area contributed by atoms with Crippen LogP contribution < -0.4 is 5.32 Å². The fourth-order valence-electron chi connectivity index (χ4n) is 2.10. The minimum atomic E-state index is 0.0132. The van der Waals surface area contributed by atoms with E-state index >= 15 is 0 Å². The molecule has 92 valence electrons. The summed E-state index contributed by atoms with van der Waals surface area (Å²) in [4.78, 5) is 11.9. The molecule has 0 saturated heterocycles. The molecule has 0 heterocycles. The Morgan fingerprint density at radius 3 is 2.47 bits per heavy atom. The van der Waals surface area contributed by atoms with Crippen LogP contribution in [-0.2, 0) is 5.88 Å². The van der Waals surface area contributed by atoms with Crippen molar-refractivity contribution in [3.63, 3.8) is 0 Å². The van der Waals surface area contributed by atoms with Crippen molar-refractivity contribution < 1.29 is 4.79 Å². The Morgan fingerprint density at radius 2 is 2.00 bits per heavy atom. The third kappa shape index (κ3) is 3.01. The zero-order chi connectivity index (χ0) is 12.3. The average Bonchev–Trinajstić information content (AvgIpc) is 2.33. The van der Waals surface area contributed by atoms with Crippen molar-refractivity contribution in [1.29, 1.82) is 0 Å². The highest BCUT2D eigenvalue weighted by molar-refractivity contribution is 6.17. The Bertz CT molecular complexity index is 395. The number of carbonyl (C=O) groups excluding carboxylic acids is 1. The third-order valence-corrected chi connectivity index (χ3v) is 3.92. The Morgan fingerprint density at radius 1 is 1.35 bits per heavy atom. The second kappa shape index (κ2) is 5.09. The number of benzene rings is 1. The van der Waals surface area contributed by atoms with Gasteiger partial charge < -0.3 is 5.32 Å². The van der Waals surface area contributed by atoms with Crippen molar-refractivity contribution in [3.8, 4) is 0 Å². The second-order valence-electron chi connectivity index (χ2n) is 5.18. The van der Waals surface area contributed by atoms with E-state index in [0.717, 1.165) is 12.1 Å². The van der Waals surface area contributed by atoms with Crippen LogP contribution in [0.1, 0.15) is 42.1 Å². The first-order valence-corrected chi connectivity index (χ1v) is 6.60. The molecular weight excluding hydrogens is 234 g/mol. The van der Waals surface area contributed by atoms with Crippen LogP contribution in [0, 0.1) is 5.41 Å². The van der Waals surface area contributed by atoms with E-state index in [1.165, 1.54) is 19.3 Å². The number of halogens is 1. The second-order valence-corrected chi connectivity index (χ2v) is 5.44. The minimum absolute atomic E-state index is 0.0132. The molecule has 1 aliphatic rings. The molecule has 1 amide bonds. The summed E-state index contributed by atoms with van der Waals surface area (Å²) in [6.45, 7) is 3.01. The van der Waals surface area contributed by atoms with Crippen molar-refractivity contribution in [2.24, 2.45) is 5.41 Å². The first-order valence-electron chi connectivity index (χ1n) is 6.06. The molecule has 0 aliphatic heterocycles. The minimum Gasteiger partial charge on any atom is -0.351 e. The molecule has 2 nitrogen and oxygen atoms in total. The lowest BCUT2D eigenvalue weighted by molar-refractivity contribution is 0.0891. The molecule has 2 rings (SSSR count). The number of hydrogen-bond donors (Lipinski definition) is 1. The number of rotatable bonds is 4. The summed E-state index contributed by atoms with van der Waals surface area (Å²) in [5, 5.41) is 3.01. The smallest absolute Gasteiger partial charge is 0.251 e. The van der Waals surface area contributed by atoms with Crippen LogP contribution in [0.4, 0.5) is 0 Å². The molecule has 1 aromatic rings. The van der Waals surface area contributed by atoms with E-state index in [-0.39, 0.29) is 5.91 Å². The van der Waals surface area contributed by atoms with E-state index in [4.69, 9.17) is 11.6 Å². The van der Waals surface area contributed by atoms with Crippen molar-refractivity contribution in [1.82, 2.24) is 5.32 Å². The summed E-state index contributed by atoms with van der Waals surface area (Å²) in [7, 11) is 0. The van der Waals surface area contributed by atoms with E-state index in [2.05, 4.69) is 12.2 Å². The zero-order valence-electron chi connectivity index (χ0n) is 10.1. The van der Waals surface area contributed by atoms with E-state index < -0.39 is 0 Å². The molecule has 17 heavy (non-hydrogen) atoms. The summed E-state index contributed by atoms with van der Waals surface area (Å²) < 4.78 is 0. The summed E-state index contributed by atoms with van der Waals surface area (Å²) in [5.74, 6) is 0.499. The molecule has 1 N–H and O–H groups in total. The van der Waals surface area contributed by atoms with Gasteiger partial charge in [0.2, 0.25) is 0 Å². The summed E-state index contributed by atoms with van der Waals surface area (Å²) in [6.07, 6.45) is 3.73. The normalized spacial score (nSPS) is 17.3. The largest absolute Gasteiger partial charge is 0.351 e. The summed E-state index contributed by atoms with van der Waals surface area (Å²) in [5.41, 5.74) is 2.07. The maximum atomic E-state index is 11.9. The van der Waals surface area contributed by atoms with Gasteiger partial charge in [0.15, 0.2) is 0 Å². The Labute approximate surface area is 107 Å². The topological polar surface area (TPSA) is 29.1 Å². The maximum Gasteiger partial charge on any atom is 0.251 e. The van der Waals surface area contributed by atoms with E-state index in [1.807, 2.05) is 24.3 Å². The monoisotopic (exact) mass is 251 g/mol. The standard InChI is InChI=1S/C14H18ClNO/c1-14(7-2-8-14)10-16-13(17)12-5-3-11(9-15)4-6-12/h3-6H,2,7-10H2,1H3,(H,16,17). The fraction of sp³-hybridized carbons (Fsp3) is 0.500. The predicted molar refractivity (Wildman–Crippen MR) is 70.3 cm³/mol. The molecule has 0 aromatic heterocycles. The highest BCUT2D eigenvalue weighted by atomic mass is 35.5. The SMILES string of the molecule is CC1(CNC(=O)c2ccc(CCl)cc2)CCC1. The number of nitrogens with one attached hydrogen (secondary N) is 1. The molecule has 0 radical (unpaired) electrons. The van der Waals surface area contributed by atoms with Gasteiger partial charge in [0.05, 0.1) is 0 Å². The van der Waals surface area contributed by atoms with Gasteiger partial charge in [-0.25, -0.2) is 0 Å². The molecule has 0 spiro atoms. The number of alkyl halides is 1. The first kappa shape index (κ1) is 12.4. The molecule has 0 atom stereocenters. The highest BCUT2D eigenvalue weighted by Gasteiger charge is 2.31. The number of amides is 1. The molecule has 1 aromatic carbocycles.